The molecule has 1 amide bonds. The molecule has 0 aliphatic heterocycles. The van der Waals surface area contributed by atoms with Crippen molar-refractivity contribution in [2.45, 2.75) is 26.3 Å². The number of carbonyl (C=O) groups excluding carboxylic acids is 1. The Bertz CT molecular complexity index is 1250. The summed E-state index contributed by atoms with van der Waals surface area (Å²) in [6.45, 7) is 3.29. The van der Waals surface area contributed by atoms with Crippen molar-refractivity contribution in [3.05, 3.63) is 101 Å². The minimum Gasteiger partial charge on any atom is -0.481 e. The van der Waals surface area contributed by atoms with Crippen molar-refractivity contribution in [3.63, 3.8) is 0 Å². The molecule has 0 unspecified atom stereocenters. The Morgan fingerprint density at radius 1 is 0.909 bits per heavy atom. The van der Waals surface area contributed by atoms with Crippen LogP contribution >= 0.6 is 0 Å². The minimum absolute atomic E-state index is 0.0897. The van der Waals surface area contributed by atoms with Gasteiger partial charge >= 0.3 is 5.97 Å². The number of rotatable bonds is 9. The van der Waals surface area contributed by atoms with Gasteiger partial charge < -0.3 is 14.6 Å². The average molecular weight is 442 g/mol. The van der Waals surface area contributed by atoms with Crippen molar-refractivity contribution in [1.82, 2.24) is 14.5 Å². The minimum atomic E-state index is -0.918. The van der Waals surface area contributed by atoms with Gasteiger partial charge in [0.25, 0.3) is 5.91 Å². The molecular formula is C27H27N3O3. The zero-order valence-corrected chi connectivity index (χ0v) is 18.6. The highest BCUT2D eigenvalue weighted by Gasteiger charge is 2.19. The molecule has 0 atom stereocenters. The predicted octanol–water partition coefficient (Wildman–Crippen LogP) is 4.55. The molecule has 1 N–H and O–H groups in total. The molecule has 168 valence electrons. The summed E-state index contributed by atoms with van der Waals surface area (Å²) in [6, 6.07) is 25.6. The van der Waals surface area contributed by atoms with E-state index in [1.165, 1.54) is 5.56 Å². The number of aliphatic carboxylic acids is 1. The molecule has 1 heterocycles. The molecule has 6 heteroatoms. The summed E-state index contributed by atoms with van der Waals surface area (Å²) in [5, 5.41) is 9.14. The molecule has 0 radical (unpaired) electrons. The SMILES string of the molecule is Cc1nc2cc(C(=O)N(CCC(=O)O)CCc3ccccc3)ccc2n1Cc1ccccc1. The molecule has 6 nitrogen and oxygen atoms in total. The second-order valence-corrected chi connectivity index (χ2v) is 8.11. The Hall–Kier alpha value is -3.93. The van der Waals surface area contributed by atoms with Crippen LogP contribution in [0.25, 0.3) is 11.0 Å². The Morgan fingerprint density at radius 2 is 1.58 bits per heavy atom. The van der Waals surface area contributed by atoms with Gasteiger partial charge in [0.1, 0.15) is 5.82 Å². The van der Waals surface area contributed by atoms with E-state index in [1.54, 1.807) is 4.90 Å². The molecule has 4 rings (SSSR count). The summed E-state index contributed by atoms with van der Waals surface area (Å²) >= 11 is 0. The van der Waals surface area contributed by atoms with Crippen LogP contribution in [0, 0.1) is 6.92 Å². The van der Waals surface area contributed by atoms with Crippen molar-refractivity contribution in [3.8, 4) is 0 Å². The van der Waals surface area contributed by atoms with Crippen LogP contribution in [0.3, 0.4) is 0 Å². The van der Waals surface area contributed by atoms with E-state index in [2.05, 4.69) is 21.7 Å². The molecule has 33 heavy (non-hydrogen) atoms. The highest BCUT2D eigenvalue weighted by Crippen LogP contribution is 2.20. The van der Waals surface area contributed by atoms with Crippen LogP contribution in [0.5, 0.6) is 0 Å². The number of hydrogen-bond donors (Lipinski definition) is 1. The third-order valence-corrected chi connectivity index (χ3v) is 5.77. The van der Waals surface area contributed by atoms with E-state index >= 15 is 0 Å². The second kappa shape index (κ2) is 10.1. The third kappa shape index (κ3) is 5.47. The van der Waals surface area contributed by atoms with Gasteiger partial charge in [-0.15, -0.1) is 0 Å². The number of nitrogens with zero attached hydrogens (tertiary/aromatic N) is 3. The van der Waals surface area contributed by atoms with Crippen molar-refractivity contribution in [1.29, 1.82) is 0 Å². The first-order valence-corrected chi connectivity index (χ1v) is 11.1. The number of aromatic nitrogens is 2. The fourth-order valence-corrected chi connectivity index (χ4v) is 3.99. The molecule has 0 saturated carbocycles. The van der Waals surface area contributed by atoms with E-state index < -0.39 is 5.97 Å². The fraction of sp³-hybridized carbons (Fsp3) is 0.222. The van der Waals surface area contributed by atoms with Crippen LogP contribution in [-0.2, 0) is 17.8 Å². The number of imidazole rings is 1. The zero-order chi connectivity index (χ0) is 23.2. The van der Waals surface area contributed by atoms with Gasteiger partial charge in [-0.3, -0.25) is 9.59 Å². The van der Waals surface area contributed by atoms with Gasteiger partial charge in [0, 0.05) is 25.2 Å². The smallest absolute Gasteiger partial charge is 0.305 e. The normalized spacial score (nSPS) is 10.9. The average Bonchev–Trinajstić information content (AvgIpc) is 3.14. The monoisotopic (exact) mass is 441 g/mol. The molecule has 1 aromatic heterocycles. The van der Waals surface area contributed by atoms with E-state index in [4.69, 9.17) is 5.11 Å². The Balaban J connectivity index is 1.56. The van der Waals surface area contributed by atoms with E-state index in [-0.39, 0.29) is 18.9 Å². The van der Waals surface area contributed by atoms with Crippen molar-refractivity contribution >= 4 is 22.9 Å². The lowest BCUT2D eigenvalue weighted by Crippen LogP contribution is -2.34. The molecule has 0 aliphatic rings. The lowest BCUT2D eigenvalue weighted by atomic mass is 10.1. The number of carbonyl (C=O) groups is 2. The van der Waals surface area contributed by atoms with Crippen LogP contribution < -0.4 is 0 Å². The molecule has 3 aromatic carbocycles. The summed E-state index contributed by atoms with van der Waals surface area (Å²) in [7, 11) is 0. The summed E-state index contributed by atoms with van der Waals surface area (Å²) in [5.74, 6) is -0.215. The van der Waals surface area contributed by atoms with Gasteiger partial charge in [0.2, 0.25) is 0 Å². The topological polar surface area (TPSA) is 75.4 Å². The highest BCUT2D eigenvalue weighted by atomic mass is 16.4. The van der Waals surface area contributed by atoms with Crippen LogP contribution in [0.4, 0.5) is 0 Å². The Morgan fingerprint density at radius 3 is 2.24 bits per heavy atom. The fourth-order valence-electron chi connectivity index (χ4n) is 3.99. The Kier molecular flexibility index (Phi) is 6.83. The first-order valence-electron chi connectivity index (χ1n) is 11.1. The van der Waals surface area contributed by atoms with Gasteiger partial charge in [-0.2, -0.15) is 0 Å². The number of benzene rings is 3. The first-order chi connectivity index (χ1) is 16.0. The lowest BCUT2D eigenvalue weighted by Gasteiger charge is -2.22. The van der Waals surface area contributed by atoms with Gasteiger partial charge in [-0.25, -0.2) is 4.98 Å². The van der Waals surface area contributed by atoms with Gasteiger partial charge in [0.15, 0.2) is 0 Å². The van der Waals surface area contributed by atoms with E-state index in [0.717, 1.165) is 22.4 Å². The van der Waals surface area contributed by atoms with Gasteiger partial charge in [-0.05, 0) is 42.7 Å². The Labute approximate surface area is 193 Å². The number of fused-ring (bicyclic) bond motifs is 1. The van der Waals surface area contributed by atoms with E-state index in [9.17, 15) is 9.59 Å². The van der Waals surface area contributed by atoms with Crippen molar-refractivity contribution in [2.75, 3.05) is 13.1 Å². The molecule has 0 saturated heterocycles. The standard InChI is InChI=1S/C27H27N3O3/c1-20-28-24-18-23(12-13-25(24)30(20)19-22-10-6-3-7-11-22)27(33)29(17-15-26(31)32)16-14-21-8-4-2-5-9-21/h2-13,18H,14-17,19H2,1H3,(H,31,32). The van der Waals surface area contributed by atoms with Crippen LogP contribution in [0.1, 0.15) is 33.7 Å². The van der Waals surface area contributed by atoms with Crippen LogP contribution in [0.2, 0.25) is 0 Å². The lowest BCUT2D eigenvalue weighted by molar-refractivity contribution is -0.137. The quantitative estimate of drug-likeness (QED) is 0.413. The maximum Gasteiger partial charge on any atom is 0.305 e. The maximum absolute atomic E-state index is 13.3. The largest absolute Gasteiger partial charge is 0.481 e. The van der Waals surface area contributed by atoms with Crippen LogP contribution in [0.15, 0.2) is 78.9 Å². The third-order valence-electron chi connectivity index (χ3n) is 5.77. The second-order valence-electron chi connectivity index (χ2n) is 8.11. The van der Waals surface area contributed by atoms with E-state index in [1.807, 2.05) is 73.7 Å². The van der Waals surface area contributed by atoms with Crippen molar-refractivity contribution in [2.24, 2.45) is 0 Å². The van der Waals surface area contributed by atoms with Crippen molar-refractivity contribution < 1.29 is 14.7 Å². The molecule has 0 aliphatic carbocycles. The zero-order valence-electron chi connectivity index (χ0n) is 18.6. The summed E-state index contributed by atoms with van der Waals surface area (Å²) < 4.78 is 2.14. The van der Waals surface area contributed by atoms with Crippen LogP contribution in [-0.4, -0.2) is 44.5 Å². The summed E-state index contributed by atoms with van der Waals surface area (Å²) in [5.41, 5.74) is 4.53. The number of carboxylic acid groups (broad SMARTS) is 1. The highest BCUT2D eigenvalue weighted by molar-refractivity contribution is 5.97. The molecule has 0 spiro atoms. The predicted molar refractivity (Wildman–Crippen MR) is 128 cm³/mol. The van der Waals surface area contributed by atoms with E-state index in [0.29, 0.717) is 25.1 Å². The van der Waals surface area contributed by atoms with Gasteiger partial charge in [0.05, 0.1) is 17.5 Å². The molecule has 0 bridgehead atoms. The number of aryl methyl sites for hydroxylation is 1. The molecule has 4 aromatic rings. The number of hydrogen-bond acceptors (Lipinski definition) is 3. The summed E-state index contributed by atoms with van der Waals surface area (Å²) in [6.07, 6.45) is 0.576. The number of amides is 1. The molecule has 0 fully saturated rings. The first kappa shape index (κ1) is 22.3. The van der Waals surface area contributed by atoms with Gasteiger partial charge in [-0.1, -0.05) is 60.7 Å². The number of carboxylic acids is 1. The maximum atomic E-state index is 13.3. The summed E-state index contributed by atoms with van der Waals surface area (Å²) in [4.78, 5) is 30.8. The molecular weight excluding hydrogens is 414 g/mol.